The largest absolute Gasteiger partial charge is 0.493 e. The summed E-state index contributed by atoms with van der Waals surface area (Å²) in [5.41, 5.74) is -2.48. The molecular weight excluding hydrogens is 561 g/mol. The van der Waals surface area contributed by atoms with Crippen LogP contribution in [0.1, 0.15) is 39.2 Å². The third-order valence-corrected chi connectivity index (χ3v) is 7.93. The zero-order valence-corrected chi connectivity index (χ0v) is 23.6. The molecule has 2 N–H and O–H groups in total. The Hall–Kier alpha value is -3.87. The van der Waals surface area contributed by atoms with Crippen LogP contribution in [0.4, 0.5) is 24.8 Å². The van der Waals surface area contributed by atoms with E-state index in [1.165, 1.54) is 24.3 Å². The van der Waals surface area contributed by atoms with E-state index in [-0.39, 0.29) is 47.0 Å². The third kappa shape index (κ3) is 6.89. The zero-order valence-electron chi connectivity index (χ0n) is 22.8. The van der Waals surface area contributed by atoms with Crippen molar-refractivity contribution < 1.29 is 36.2 Å². The summed E-state index contributed by atoms with van der Waals surface area (Å²) in [6.07, 6.45) is -3.70. The monoisotopic (exact) mass is 592 g/mol. The highest BCUT2D eigenvalue weighted by atomic mass is 32.2. The number of benzene rings is 1. The molecule has 2 aromatic heterocycles. The Bertz CT molecular complexity index is 1530. The normalized spacial score (nSPS) is 17.9. The highest BCUT2D eigenvalue weighted by molar-refractivity contribution is 7.92. The van der Waals surface area contributed by atoms with Gasteiger partial charge < -0.3 is 14.7 Å². The number of hydrogen-bond donors (Lipinski definition) is 2. The molecule has 1 aliphatic rings. The average Bonchev–Trinajstić information content (AvgIpc) is 2.91. The number of para-hydroxylation sites is 1. The van der Waals surface area contributed by atoms with Crippen LogP contribution in [0.3, 0.4) is 0 Å². The Morgan fingerprint density at radius 3 is 2.54 bits per heavy atom. The molecule has 0 bridgehead atoms. The van der Waals surface area contributed by atoms with Gasteiger partial charge in [-0.2, -0.15) is 21.6 Å². The number of nitrogens with zero attached hydrogens (tertiary/aromatic N) is 3. The Kier molecular flexibility index (Phi) is 8.48. The second-order valence-corrected chi connectivity index (χ2v) is 12.3. The van der Waals surface area contributed by atoms with E-state index in [1.807, 2.05) is 13.8 Å². The number of aromatic nitrogens is 2. The molecule has 0 spiro atoms. The topological polar surface area (TPSA) is 122 Å². The van der Waals surface area contributed by atoms with Gasteiger partial charge >= 0.3 is 12.1 Å². The molecule has 0 radical (unpaired) electrons. The molecule has 1 atom stereocenters. The van der Waals surface area contributed by atoms with Gasteiger partial charge in [0.2, 0.25) is 0 Å². The van der Waals surface area contributed by atoms with Gasteiger partial charge in [-0.05, 0) is 62.1 Å². The van der Waals surface area contributed by atoms with Gasteiger partial charge in [0, 0.05) is 18.7 Å². The van der Waals surface area contributed by atoms with Crippen molar-refractivity contribution in [3.8, 4) is 17.0 Å². The molecule has 0 aliphatic carbocycles. The van der Waals surface area contributed by atoms with E-state index in [4.69, 9.17) is 4.74 Å². The molecule has 3 aromatic rings. The Labute approximate surface area is 236 Å². The number of halogens is 3. The number of ether oxygens (including phenoxy) is 1. The van der Waals surface area contributed by atoms with Crippen LogP contribution in [0.15, 0.2) is 59.6 Å². The third-order valence-electron chi connectivity index (χ3n) is 6.67. The molecule has 4 rings (SSSR count). The number of pyridine rings is 2. The Morgan fingerprint density at radius 1 is 1.12 bits per heavy atom. The first kappa shape index (κ1) is 30.1. The number of hydrogen-bond acceptors (Lipinski definition) is 7. The SMILES string of the molecule is CC(C)COc1ccccc1-c1nc(NS(=O)(=O)c2cccc(N3CCCC(C)(C(=O)O)C3)n2)ccc1C(F)(F)F. The molecule has 0 amide bonds. The maximum Gasteiger partial charge on any atom is 0.418 e. The minimum Gasteiger partial charge on any atom is -0.493 e. The molecule has 41 heavy (non-hydrogen) atoms. The summed E-state index contributed by atoms with van der Waals surface area (Å²) in [4.78, 5) is 21.8. The molecule has 1 aromatic carbocycles. The van der Waals surface area contributed by atoms with Crippen molar-refractivity contribution >= 4 is 27.6 Å². The van der Waals surface area contributed by atoms with Crippen molar-refractivity contribution in [2.75, 3.05) is 29.3 Å². The van der Waals surface area contributed by atoms with Crippen LogP contribution in [0.5, 0.6) is 5.75 Å². The summed E-state index contributed by atoms with van der Waals surface area (Å²) in [7, 11) is -4.38. The average molecular weight is 593 g/mol. The number of rotatable bonds is 9. The van der Waals surface area contributed by atoms with Gasteiger partial charge in [-0.25, -0.2) is 9.97 Å². The summed E-state index contributed by atoms with van der Waals surface area (Å²) in [5.74, 6) is -0.716. The van der Waals surface area contributed by atoms with E-state index in [0.29, 0.717) is 19.4 Å². The van der Waals surface area contributed by atoms with Gasteiger partial charge in [0.1, 0.15) is 17.4 Å². The lowest BCUT2D eigenvalue weighted by Crippen LogP contribution is -2.46. The number of alkyl halides is 3. The lowest BCUT2D eigenvalue weighted by atomic mass is 9.82. The van der Waals surface area contributed by atoms with Crippen LogP contribution in [-0.2, 0) is 21.0 Å². The molecular formula is C28H31F3N4O5S. The fourth-order valence-corrected chi connectivity index (χ4v) is 5.49. The van der Waals surface area contributed by atoms with Crippen LogP contribution < -0.4 is 14.4 Å². The van der Waals surface area contributed by atoms with Crippen molar-refractivity contribution in [3.63, 3.8) is 0 Å². The molecule has 1 fully saturated rings. The molecule has 1 saturated heterocycles. The van der Waals surface area contributed by atoms with Crippen molar-refractivity contribution in [1.82, 2.24) is 9.97 Å². The van der Waals surface area contributed by atoms with E-state index in [9.17, 15) is 31.5 Å². The number of anilines is 2. The van der Waals surface area contributed by atoms with Gasteiger partial charge in [-0.15, -0.1) is 0 Å². The number of aliphatic carboxylic acids is 1. The molecule has 1 aliphatic heterocycles. The maximum absolute atomic E-state index is 14.0. The highest BCUT2D eigenvalue weighted by Gasteiger charge is 2.39. The Morgan fingerprint density at radius 2 is 1.85 bits per heavy atom. The fraction of sp³-hybridized carbons (Fsp3) is 0.393. The summed E-state index contributed by atoms with van der Waals surface area (Å²) < 4.78 is 76.4. The van der Waals surface area contributed by atoms with Crippen molar-refractivity contribution in [2.45, 2.75) is 44.8 Å². The second kappa shape index (κ2) is 11.6. The van der Waals surface area contributed by atoms with Crippen LogP contribution in [0.25, 0.3) is 11.3 Å². The smallest absolute Gasteiger partial charge is 0.418 e. The van der Waals surface area contributed by atoms with Crippen LogP contribution >= 0.6 is 0 Å². The van der Waals surface area contributed by atoms with Crippen LogP contribution in [0, 0.1) is 11.3 Å². The Balaban J connectivity index is 1.68. The van der Waals surface area contributed by atoms with E-state index in [2.05, 4.69) is 14.7 Å². The second-order valence-electron chi connectivity index (χ2n) is 10.6. The van der Waals surface area contributed by atoms with Gasteiger partial charge in [0.15, 0.2) is 5.03 Å². The number of piperidine rings is 1. The number of carbonyl (C=O) groups is 1. The maximum atomic E-state index is 14.0. The quantitative estimate of drug-likeness (QED) is 0.325. The number of nitrogens with one attached hydrogen (secondary N) is 1. The van der Waals surface area contributed by atoms with Gasteiger partial charge in [-0.1, -0.05) is 32.0 Å². The van der Waals surface area contributed by atoms with Crippen molar-refractivity contribution in [2.24, 2.45) is 11.3 Å². The predicted molar refractivity (Wildman–Crippen MR) is 147 cm³/mol. The van der Waals surface area contributed by atoms with Crippen LogP contribution in [0.2, 0.25) is 0 Å². The molecule has 0 saturated carbocycles. The van der Waals surface area contributed by atoms with E-state index in [0.717, 1.165) is 12.1 Å². The number of carboxylic acid groups (broad SMARTS) is 1. The first-order chi connectivity index (χ1) is 19.2. The van der Waals surface area contributed by atoms with E-state index in [1.54, 1.807) is 30.0 Å². The standard InChI is InChI=1S/C28H31F3N4O5S/c1-18(2)16-40-21-9-5-4-8-19(21)25-20(28(29,30)31)12-13-22(32-25)34-41(38,39)24-11-6-10-23(33-24)35-15-7-14-27(3,17-35)26(36)37/h4-6,8-13,18H,7,14-17H2,1-3H3,(H,32,34)(H,36,37). The lowest BCUT2D eigenvalue weighted by molar-refractivity contribution is -0.148. The van der Waals surface area contributed by atoms with Crippen LogP contribution in [-0.4, -0.2) is 49.2 Å². The number of sulfonamides is 1. The lowest BCUT2D eigenvalue weighted by Gasteiger charge is -2.38. The zero-order chi connectivity index (χ0) is 30.0. The van der Waals surface area contributed by atoms with Crippen molar-refractivity contribution in [1.29, 1.82) is 0 Å². The first-order valence-corrected chi connectivity index (χ1v) is 14.5. The van der Waals surface area contributed by atoms with Gasteiger partial charge in [0.05, 0.1) is 23.3 Å². The minimum atomic E-state index is -4.76. The summed E-state index contributed by atoms with van der Waals surface area (Å²) >= 11 is 0. The highest BCUT2D eigenvalue weighted by Crippen LogP contribution is 2.40. The van der Waals surface area contributed by atoms with Gasteiger partial charge in [-0.3, -0.25) is 9.52 Å². The molecule has 9 nitrogen and oxygen atoms in total. The summed E-state index contributed by atoms with van der Waals surface area (Å²) in [5, 5.41) is 9.23. The van der Waals surface area contributed by atoms with Gasteiger partial charge in [0.25, 0.3) is 10.0 Å². The predicted octanol–water partition coefficient (Wildman–Crippen LogP) is 5.69. The first-order valence-electron chi connectivity index (χ1n) is 13.0. The molecule has 1 unspecified atom stereocenters. The molecule has 13 heteroatoms. The fourth-order valence-electron chi connectivity index (χ4n) is 4.52. The molecule has 3 heterocycles. The van der Waals surface area contributed by atoms with E-state index < -0.39 is 38.8 Å². The van der Waals surface area contributed by atoms with E-state index >= 15 is 0 Å². The summed E-state index contributed by atoms with van der Waals surface area (Å²) in [6, 6.07) is 12.1. The molecule has 220 valence electrons. The number of carboxylic acids is 1. The minimum absolute atomic E-state index is 0.0632. The van der Waals surface area contributed by atoms with Crippen molar-refractivity contribution in [3.05, 3.63) is 60.2 Å². The summed E-state index contributed by atoms with van der Waals surface area (Å²) in [6.45, 7) is 6.33.